The number of Topliss-reactive ketones (excluding diaryl/α,β-unsaturated/α-hetero) is 1. The maximum Gasteiger partial charge on any atom is 0.261 e. The van der Waals surface area contributed by atoms with Crippen LogP contribution in [0.4, 0.5) is 4.39 Å². The van der Waals surface area contributed by atoms with Crippen LogP contribution in [0.15, 0.2) is 60.7 Å². The Balaban J connectivity index is 2.10. The molecule has 1 aliphatic carbocycles. The van der Waals surface area contributed by atoms with Crippen LogP contribution in [0.1, 0.15) is 40.0 Å². The number of carbonyl (C=O) groups excluding carboxylic acids is 1. The van der Waals surface area contributed by atoms with Crippen LogP contribution < -0.4 is 10.4 Å². The lowest BCUT2D eigenvalue weighted by Crippen LogP contribution is -2.68. The van der Waals surface area contributed by atoms with E-state index in [4.69, 9.17) is 4.43 Å². The van der Waals surface area contributed by atoms with Crippen LogP contribution in [0, 0.1) is 0 Å². The highest BCUT2D eigenvalue weighted by Gasteiger charge is 2.52. The van der Waals surface area contributed by atoms with Crippen LogP contribution in [0.3, 0.4) is 0 Å². The molecule has 0 radical (unpaired) electrons. The Bertz CT molecular complexity index is 700. The molecule has 1 aliphatic rings. The smallest absolute Gasteiger partial charge is 0.261 e. The first-order valence-electron chi connectivity index (χ1n) is 9.30. The van der Waals surface area contributed by atoms with Gasteiger partial charge in [0.05, 0.1) is 0 Å². The van der Waals surface area contributed by atoms with E-state index in [1.807, 2.05) is 36.4 Å². The summed E-state index contributed by atoms with van der Waals surface area (Å²) in [4.78, 5) is 11.6. The summed E-state index contributed by atoms with van der Waals surface area (Å²) in [5, 5.41) is 2.24. The second kappa shape index (κ2) is 7.45. The molecule has 2 aromatic rings. The average molecular weight is 371 g/mol. The van der Waals surface area contributed by atoms with Crippen LogP contribution in [0.5, 0.6) is 0 Å². The Morgan fingerprint density at radius 2 is 1.46 bits per heavy atom. The number of halogens is 1. The first-order valence-corrected chi connectivity index (χ1v) is 11.2. The lowest BCUT2D eigenvalue weighted by molar-refractivity contribution is -0.127. The first-order chi connectivity index (χ1) is 12.3. The first kappa shape index (κ1) is 19.0. The maximum absolute atomic E-state index is 14.1. The van der Waals surface area contributed by atoms with Crippen LogP contribution in [-0.2, 0) is 9.22 Å². The number of rotatable bonds is 4. The molecular weight excluding hydrogens is 343 g/mol. The van der Waals surface area contributed by atoms with Crippen LogP contribution >= 0.6 is 0 Å². The van der Waals surface area contributed by atoms with Gasteiger partial charge >= 0.3 is 0 Å². The quantitative estimate of drug-likeness (QED) is 0.760. The largest absolute Gasteiger partial charge is 0.404 e. The van der Waals surface area contributed by atoms with Crippen molar-refractivity contribution in [2.45, 2.75) is 57.3 Å². The van der Waals surface area contributed by atoms with E-state index in [0.717, 1.165) is 0 Å². The zero-order valence-corrected chi connectivity index (χ0v) is 16.7. The molecule has 0 spiro atoms. The molecule has 2 nitrogen and oxygen atoms in total. The van der Waals surface area contributed by atoms with E-state index in [0.29, 0.717) is 6.42 Å². The molecule has 26 heavy (non-hydrogen) atoms. The Labute approximate surface area is 156 Å². The van der Waals surface area contributed by atoms with Crippen molar-refractivity contribution < 1.29 is 13.6 Å². The van der Waals surface area contributed by atoms with Gasteiger partial charge in [-0.1, -0.05) is 81.4 Å². The molecule has 0 aliphatic heterocycles. The lowest BCUT2D eigenvalue weighted by atomic mass is 9.95. The molecule has 138 valence electrons. The third kappa shape index (κ3) is 3.53. The van der Waals surface area contributed by atoms with E-state index < -0.39 is 14.5 Å². The Morgan fingerprint density at radius 3 is 1.88 bits per heavy atom. The molecule has 0 heterocycles. The number of benzene rings is 2. The van der Waals surface area contributed by atoms with Crippen molar-refractivity contribution in [3.05, 3.63) is 60.7 Å². The summed E-state index contributed by atoms with van der Waals surface area (Å²) in [5.41, 5.74) is 0. The second-order valence-electron chi connectivity index (χ2n) is 8.11. The highest BCUT2D eigenvalue weighted by Crippen LogP contribution is 2.39. The van der Waals surface area contributed by atoms with Crippen LogP contribution in [0.2, 0.25) is 5.04 Å². The van der Waals surface area contributed by atoms with Gasteiger partial charge in [-0.2, -0.15) is 0 Å². The van der Waals surface area contributed by atoms with Gasteiger partial charge in [-0.25, -0.2) is 4.39 Å². The number of alkyl halides is 1. The predicted molar refractivity (Wildman–Crippen MR) is 106 cm³/mol. The highest BCUT2D eigenvalue weighted by atomic mass is 28.4. The molecule has 0 N–H and O–H groups in total. The minimum Gasteiger partial charge on any atom is -0.404 e. The average Bonchev–Trinajstić information content (AvgIpc) is 2.63. The van der Waals surface area contributed by atoms with Gasteiger partial charge in [-0.15, -0.1) is 0 Å². The van der Waals surface area contributed by atoms with Gasteiger partial charge in [0.1, 0.15) is 0 Å². The van der Waals surface area contributed by atoms with Crippen molar-refractivity contribution in [2.75, 3.05) is 0 Å². The van der Waals surface area contributed by atoms with Gasteiger partial charge in [-0.3, -0.25) is 4.79 Å². The van der Waals surface area contributed by atoms with E-state index in [-0.39, 0.29) is 29.8 Å². The summed E-state index contributed by atoms with van der Waals surface area (Å²) < 4.78 is 21.0. The predicted octanol–water partition coefficient (Wildman–Crippen LogP) is 4.02. The SMILES string of the molecule is CC(C)(C)[Si](OC1CCC(=O)C(F)C1)(c1ccccc1)c1ccccc1. The molecule has 2 atom stereocenters. The van der Waals surface area contributed by atoms with E-state index >= 15 is 0 Å². The van der Waals surface area contributed by atoms with Gasteiger partial charge in [0.25, 0.3) is 8.32 Å². The zero-order valence-electron chi connectivity index (χ0n) is 15.7. The van der Waals surface area contributed by atoms with E-state index in [1.165, 1.54) is 10.4 Å². The third-order valence-corrected chi connectivity index (χ3v) is 10.4. The molecule has 2 unspecified atom stereocenters. The molecule has 4 heteroatoms. The fourth-order valence-corrected chi connectivity index (χ4v) is 8.72. The summed E-state index contributed by atoms with van der Waals surface area (Å²) in [7, 11) is -2.67. The Kier molecular flexibility index (Phi) is 5.44. The molecule has 0 saturated heterocycles. The fraction of sp³-hybridized carbons (Fsp3) is 0.409. The number of ketones is 1. The van der Waals surface area contributed by atoms with Gasteiger partial charge in [0.15, 0.2) is 12.0 Å². The van der Waals surface area contributed by atoms with Gasteiger partial charge in [0, 0.05) is 18.9 Å². The topological polar surface area (TPSA) is 26.3 Å². The van der Waals surface area contributed by atoms with Crippen molar-refractivity contribution >= 4 is 24.5 Å². The van der Waals surface area contributed by atoms with Gasteiger partial charge in [0.2, 0.25) is 0 Å². The molecular formula is C22H27FO2Si. The third-order valence-electron chi connectivity index (χ3n) is 5.29. The summed E-state index contributed by atoms with van der Waals surface area (Å²) >= 11 is 0. The van der Waals surface area contributed by atoms with E-state index in [1.54, 1.807) is 0 Å². The monoisotopic (exact) mass is 370 g/mol. The van der Waals surface area contributed by atoms with E-state index in [2.05, 4.69) is 45.0 Å². The van der Waals surface area contributed by atoms with Crippen LogP contribution in [0.25, 0.3) is 0 Å². The number of hydrogen-bond acceptors (Lipinski definition) is 2. The maximum atomic E-state index is 14.1. The van der Waals surface area contributed by atoms with Gasteiger partial charge in [-0.05, 0) is 21.8 Å². The molecule has 2 aromatic carbocycles. The standard InChI is InChI=1S/C22H27FO2Si/c1-22(2,3)26(18-10-6-4-7-11-18,19-12-8-5-9-13-19)25-17-14-15-21(24)20(23)16-17/h4-13,17,20H,14-16H2,1-3H3. The van der Waals surface area contributed by atoms with Crippen molar-refractivity contribution in [1.29, 1.82) is 0 Å². The van der Waals surface area contributed by atoms with Gasteiger partial charge < -0.3 is 4.43 Å². The summed E-state index contributed by atoms with van der Waals surface area (Å²) in [6.45, 7) is 6.63. The second-order valence-corrected chi connectivity index (χ2v) is 12.4. The molecule has 0 bridgehead atoms. The van der Waals surface area contributed by atoms with Crippen molar-refractivity contribution in [3.8, 4) is 0 Å². The molecule has 0 aromatic heterocycles. The zero-order chi connectivity index (χ0) is 18.8. The minimum atomic E-state index is -2.67. The van der Waals surface area contributed by atoms with Crippen molar-refractivity contribution in [1.82, 2.24) is 0 Å². The number of carbonyl (C=O) groups is 1. The summed E-state index contributed by atoms with van der Waals surface area (Å²) in [6.07, 6.45) is -0.585. The van der Waals surface area contributed by atoms with Crippen molar-refractivity contribution in [2.24, 2.45) is 0 Å². The van der Waals surface area contributed by atoms with Crippen molar-refractivity contribution in [3.63, 3.8) is 0 Å². The molecule has 1 saturated carbocycles. The van der Waals surface area contributed by atoms with Crippen LogP contribution in [-0.4, -0.2) is 26.4 Å². The minimum absolute atomic E-state index is 0.136. The highest BCUT2D eigenvalue weighted by molar-refractivity contribution is 6.99. The molecule has 3 rings (SSSR count). The summed E-state index contributed by atoms with van der Waals surface area (Å²) in [5.74, 6) is -0.285. The normalized spacial score (nSPS) is 21.6. The van der Waals surface area contributed by atoms with E-state index in [9.17, 15) is 9.18 Å². The fourth-order valence-electron chi connectivity index (χ4n) is 3.99. The summed E-state index contributed by atoms with van der Waals surface area (Å²) in [6, 6.07) is 20.7. The molecule has 0 amide bonds. The Hall–Kier alpha value is -1.78. The Morgan fingerprint density at radius 1 is 0.962 bits per heavy atom. The molecule has 1 fully saturated rings. The number of hydrogen-bond donors (Lipinski definition) is 0. The lowest BCUT2D eigenvalue weighted by Gasteiger charge is -2.46.